The lowest BCUT2D eigenvalue weighted by molar-refractivity contribution is -0.161. The fourth-order valence-corrected chi connectivity index (χ4v) is 6.09. The molecule has 0 saturated heterocycles. The van der Waals surface area contributed by atoms with Gasteiger partial charge >= 0.3 is 0 Å². The van der Waals surface area contributed by atoms with Crippen molar-refractivity contribution in [1.29, 1.82) is 0 Å². The van der Waals surface area contributed by atoms with Gasteiger partial charge in [0.1, 0.15) is 12.4 Å². The van der Waals surface area contributed by atoms with Crippen LogP contribution in [0.1, 0.15) is 26.7 Å². The van der Waals surface area contributed by atoms with Crippen LogP contribution in [0.25, 0.3) is 0 Å². The van der Waals surface area contributed by atoms with Gasteiger partial charge in [-0.25, -0.2) is 0 Å². The molecule has 0 aliphatic heterocycles. The quantitative estimate of drug-likeness (QED) is 0.724. The first-order chi connectivity index (χ1) is 12.6. The molecule has 4 aliphatic carbocycles. The Hall–Kier alpha value is -2.11. The van der Waals surface area contributed by atoms with Crippen molar-refractivity contribution in [2.45, 2.75) is 32.3 Å². The average molecular weight is 368 g/mol. The van der Waals surface area contributed by atoms with Gasteiger partial charge in [-0.3, -0.25) is 14.4 Å². The summed E-state index contributed by atoms with van der Waals surface area (Å²) in [5.74, 6) is -1.48. The highest BCUT2D eigenvalue weighted by molar-refractivity contribution is 6.02. The average Bonchev–Trinajstić information content (AvgIpc) is 2.82. The number of rotatable bonds is 2. The van der Waals surface area contributed by atoms with Crippen LogP contribution in [-0.4, -0.2) is 39.8 Å². The second kappa shape index (κ2) is 5.46. The number of aliphatic hydroxyl groups is 2. The third-order valence-corrected chi connectivity index (χ3v) is 7.57. The van der Waals surface area contributed by atoms with E-state index in [0.717, 1.165) is 5.57 Å². The van der Waals surface area contributed by atoms with Crippen molar-refractivity contribution in [2.24, 2.45) is 28.6 Å². The van der Waals surface area contributed by atoms with Crippen molar-refractivity contribution < 1.29 is 24.6 Å². The summed E-state index contributed by atoms with van der Waals surface area (Å²) in [6.07, 6.45) is 9.23. The van der Waals surface area contributed by atoms with E-state index < -0.39 is 28.8 Å². The Bertz CT molecular complexity index is 877. The van der Waals surface area contributed by atoms with Crippen molar-refractivity contribution in [3.05, 3.63) is 48.1 Å². The summed E-state index contributed by atoms with van der Waals surface area (Å²) in [4.78, 5) is 37.6. The van der Waals surface area contributed by atoms with Gasteiger partial charge in [0.25, 0.3) is 0 Å². The molecule has 0 bridgehead atoms. The predicted molar refractivity (Wildman–Crippen MR) is 98.5 cm³/mol. The number of ketones is 3. The third kappa shape index (κ3) is 2.04. The molecule has 142 valence electrons. The van der Waals surface area contributed by atoms with Gasteiger partial charge in [-0.05, 0) is 41.6 Å². The van der Waals surface area contributed by atoms with Crippen LogP contribution in [-0.2, 0) is 14.4 Å². The normalized spacial score (nSPS) is 45.3. The topological polar surface area (TPSA) is 91.7 Å². The maximum absolute atomic E-state index is 13.3. The molecule has 6 atom stereocenters. The first-order valence-electron chi connectivity index (χ1n) is 9.30. The van der Waals surface area contributed by atoms with Crippen LogP contribution in [0.4, 0.5) is 0 Å². The number of allylic oxidation sites excluding steroid dienone is 6. The van der Waals surface area contributed by atoms with Gasteiger partial charge in [0.15, 0.2) is 17.2 Å². The maximum atomic E-state index is 13.3. The van der Waals surface area contributed by atoms with Crippen molar-refractivity contribution >= 4 is 17.3 Å². The van der Waals surface area contributed by atoms with E-state index in [1.54, 1.807) is 13.0 Å². The van der Waals surface area contributed by atoms with Crippen molar-refractivity contribution in [1.82, 2.24) is 0 Å². The van der Waals surface area contributed by atoms with Crippen LogP contribution in [0.15, 0.2) is 48.1 Å². The molecule has 2 saturated carbocycles. The molecule has 27 heavy (non-hydrogen) atoms. The van der Waals surface area contributed by atoms with Crippen LogP contribution in [0.5, 0.6) is 0 Å². The highest BCUT2D eigenvalue weighted by atomic mass is 16.3. The molecule has 2 fully saturated rings. The van der Waals surface area contributed by atoms with Crippen molar-refractivity contribution in [3.8, 4) is 0 Å². The Morgan fingerprint density at radius 3 is 2.67 bits per heavy atom. The zero-order chi connectivity index (χ0) is 19.8. The van der Waals surface area contributed by atoms with E-state index in [4.69, 9.17) is 0 Å². The van der Waals surface area contributed by atoms with Crippen LogP contribution in [0.3, 0.4) is 0 Å². The Kier molecular flexibility index (Phi) is 3.69. The molecule has 0 unspecified atom stereocenters. The summed E-state index contributed by atoms with van der Waals surface area (Å²) in [7, 11) is 0. The van der Waals surface area contributed by atoms with E-state index in [0.29, 0.717) is 12.0 Å². The molecule has 0 aromatic rings. The number of aliphatic hydroxyl groups excluding tert-OH is 1. The Labute approximate surface area is 158 Å². The number of carbonyl (C=O) groups excluding carboxylic acids is 3. The minimum absolute atomic E-state index is 0.0330. The van der Waals surface area contributed by atoms with Gasteiger partial charge in [-0.15, -0.1) is 0 Å². The van der Waals surface area contributed by atoms with E-state index in [1.165, 1.54) is 6.08 Å². The summed E-state index contributed by atoms with van der Waals surface area (Å²) >= 11 is 0. The van der Waals surface area contributed by atoms with Gasteiger partial charge in [0.2, 0.25) is 0 Å². The second-order valence-electron chi connectivity index (χ2n) is 8.80. The molecule has 4 aliphatic rings. The molecular formula is C22H24O5. The van der Waals surface area contributed by atoms with E-state index >= 15 is 0 Å². The number of carbonyl (C=O) groups is 3. The Morgan fingerprint density at radius 1 is 1.30 bits per heavy atom. The van der Waals surface area contributed by atoms with E-state index in [9.17, 15) is 24.6 Å². The van der Waals surface area contributed by atoms with Crippen LogP contribution < -0.4 is 0 Å². The monoisotopic (exact) mass is 368 g/mol. The van der Waals surface area contributed by atoms with Gasteiger partial charge in [-0.1, -0.05) is 38.7 Å². The molecular weight excluding hydrogens is 344 g/mol. The standard InChI is InChI=1S/C22H24O5/c1-12-8-16-15-5-4-13-9-14(24)6-7-20(13,2)19(15)17(25)10-21(16,3)22(12,27)18(26)11-23/h4-7,9,15-16,19,23,27H,1,8,10-11H2,2-3H3/t15-,16-,19+,20-,21-,22-/m0/s1. The van der Waals surface area contributed by atoms with Crippen LogP contribution >= 0.6 is 0 Å². The van der Waals surface area contributed by atoms with E-state index in [-0.39, 0.29) is 35.7 Å². The van der Waals surface area contributed by atoms with Crippen molar-refractivity contribution in [2.75, 3.05) is 6.61 Å². The molecule has 5 nitrogen and oxygen atoms in total. The summed E-state index contributed by atoms with van der Waals surface area (Å²) in [6.45, 7) is 6.88. The van der Waals surface area contributed by atoms with Gasteiger partial charge in [0.05, 0.1) is 0 Å². The molecule has 0 spiro atoms. The molecule has 2 N–H and O–H groups in total. The number of fused-ring (bicyclic) bond motifs is 5. The zero-order valence-electron chi connectivity index (χ0n) is 15.6. The Balaban J connectivity index is 1.85. The summed E-state index contributed by atoms with van der Waals surface area (Å²) in [6, 6.07) is 0. The highest BCUT2D eigenvalue weighted by Crippen LogP contribution is 2.65. The minimum Gasteiger partial charge on any atom is -0.388 e. The predicted octanol–water partition coefficient (Wildman–Crippen LogP) is 1.71. The molecule has 4 rings (SSSR count). The lowest BCUT2D eigenvalue weighted by atomic mass is 9.48. The third-order valence-electron chi connectivity index (χ3n) is 7.57. The molecule has 0 aromatic heterocycles. The van der Waals surface area contributed by atoms with Crippen molar-refractivity contribution in [3.63, 3.8) is 0 Å². The van der Waals surface area contributed by atoms with E-state index in [2.05, 4.69) is 6.58 Å². The summed E-state index contributed by atoms with van der Waals surface area (Å²) < 4.78 is 0. The molecule has 0 aromatic carbocycles. The number of hydrogen-bond acceptors (Lipinski definition) is 5. The zero-order valence-corrected chi connectivity index (χ0v) is 15.6. The molecule has 5 heteroatoms. The summed E-state index contributed by atoms with van der Waals surface area (Å²) in [5.41, 5.74) is -2.27. The minimum atomic E-state index is -1.89. The number of hydrogen-bond donors (Lipinski definition) is 2. The van der Waals surface area contributed by atoms with Gasteiger partial charge in [0, 0.05) is 23.2 Å². The van der Waals surface area contributed by atoms with Gasteiger partial charge < -0.3 is 10.2 Å². The molecule has 0 radical (unpaired) electrons. The number of Topliss-reactive ketones (excluding diaryl/α,β-unsaturated/α-hetero) is 2. The lowest BCUT2D eigenvalue weighted by Gasteiger charge is -2.54. The fraction of sp³-hybridized carbons (Fsp3) is 0.500. The SMILES string of the molecule is C=C1C[C@H]2[C@@H]3C=CC4=CC(=O)C=C[C@]4(C)[C@H]3C(=O)C[C@]2(C)[C@@]1(O)C(=O)CO. The maximum Gasteiger partial charge on any atom is 0.194 e. The first kappa shape index (κ1) is 18.3. The smallest absolute Gasteiger partial charge is 0.194 e. The lowest BCUT2D eigenvalue weighted by Crippen LogP contribution is -2.60. The summed E-state index contributed by atoms with van der Waals surface area (Å²) in [5, 5.41) is 20.7. The van der Waals surface area contributed by atoms with Gasteiger partial charge in [-0.2, -0.15) is 0 Å². The first-order valence-corrected chi connectivity index (χ1v) is 9.30. The van der Waals surface area contributed by atoms with E-state index in [1.807, 2.05) is 25.2 Å². The van der Waals surface area contributed by atoms with Crippen LogP contribution in [0.2, 0.25) is 0 Å². The largest absolute Gasteiger partial charge is 0.388 e. The highest BCUT2D eigenvalue weighted by Gasteiger charge is 2.69. The molecule has 0 heterocycles. The second-order valence-corrected chi connectivity index (χ2v) is 8.80. The molecule has 0 amide bonds. The fourth-order valence-electron chi connectivity index (χ4n) is 6.09. The van der Waals surface area contributed by atoms with Crippen LogP contribution in [0, 0.1) is 28.6 Å². The Morgan fingerprint density at radius 2 is 2.00 bits per heavy atom.